The molecule has 0 saturated heterocycles. The van der Waals surface area contributed by atoms with Crippen LogP contribution in [0.2, 0.25) is 0 Å². The molecule has 2 nitrogen and oxygen atoms in total. The molecule has 0 saturated carbocycles. The monoisotopic (exact) mass is 226 g/mol. The third-order valence-corrected chi connectivity index (χ3v) is 4.00. The largest absolute Gasteiger partial charge is 0.303 e. The normalized spacial score (nSPS) is 16.0. The molecule has 1 aromatic heterocycles. The lowest BCUT2D eigenvalue weighted by molar-refractivity contribution is 0.244. The number of aryl methyl sites for hydroxylation is 1. The molecular weight excluding hydrogens is 204 g/mol. The van der Waals surface area contributed by atoms with Crippen LogP contribution < -0.4 is 5.32 Å². The van der Waals surface area contributed by atoms with Crippen molar-refractivity contribution in [3.8, 4) is 0 Å². The lowest BCUT2D eigenvalue weighted by Crippen LogP contribution is -2.47. The van der Waals surface area contributed by atoms with Crippen molar-refractivity contribution in [2.24, 2.45) is 5.92 Å². The number of nitrogens with one attached hydrogen (secondary N) is 1. The Kier molecular flexibility index (Phi) is 3.90. The topological polar surface area (TPSA) is 24.9 Å². The van der Waals surface area contributed by atoms with Gasteiger partial charge in [-0.05, 0) is 33.6 Å². The quantitative estimate of drug-likeness (QED) is 0.852. The summed E-state index contributed by atoms with van der Waals surface area (Å²) in [4.78, 5) is 4.61. The van der Waals surface area contributed by atoms with Gasteiger partial charge in [0.2, 0.25) is 0 Å². The number of rotatable bonds is 4. The second-order valence-corrected chi connectivity index (χ2v) is 5.81. The fourth-order valence-corrected chi connectivity index (χ4v) is 2.74. The Hall–Kier alpha value is -0.410. The Morgan fingerprint density at radius 1 is 1.33 bits per heavy atom. The number of nitrogens with zero attached hydrogens (tertiary/aromatic N) is 1. The van der Waals surface area contributed by atoms with E-state index in [9.17, 15) is 0 Å². The molecule has 0 fully saturated rings. The van der Waals surface area contributed by atoms with Crippen LogP contribution in [0, 0.1) is 12.8 Å². The van der Waals surface area contributed by atoms with Gasteiger partial charge in [-0.15, -0.1) is 11.3 Å². The third kappa shape index (κ3) is 2.79. The molecule has 1 N–H and O–H groups in total. The molecule has 3 heteroatoms. The predicted octanol–water partition coefficient (Wildman–Crippen LogP) is 3.32. The maximum absolute atomic E-state index is 4.61. The lowest BCUT2D eigenvalue weighted by Gasteiger charge is -2.35. The highest BCUT2D eigenvalue weighted by Gasteiger charge is 2.33. The summed E-state index contributed by atoms with van der Waals surface area (Å²) >= 11 is 1.75. The maximum Gasteiger partial charge on any atom is 0.113 e. The van der Waals surface area contributed by atoms with Crippen LogP contribution in [0.15, 0.2) is 5.38 Å². The number of thiazole rings is 1. The minimum absolute atomic E-state index is 0.00685. The van der Waals surface area contributed by atoms with Crippen LogP contribution in [-0.2, 0) is 5.54 Å². The van der Waals surface area contributed by atoms with E-state index >= 15 is 0 Å². The van der Waals surface area contributed by atoms with E-state index in [0.29, 0.717) is 12.0 Å². The molecule has 15 heavy (non-hydrogen) atoms. The first-order valence-electron chi connectivity index (χ1n) is 5.56. The zero-order chi connectivity index (χ0) is 11.6. The van der Waals surface area contributed by atoms with E-state index < -0.39 is 0 Å². The Morgan fingerprint density at radius 3 is 2.27 bits per heavy atom. The van der Waals surface area contributed by atoms with E-state index in [2.05, 4.69) is 57.2 Å². The molecular formula is C12H22N2S. The van der Waals surface area contributed by atoms with Crippen LogP contribution in [0.25, 0.3) is 0 Å². The maximum atomic E-state index is 4.61. The first kappa shape index (κ1) is 12.7. The Balaban J connectivity index is 3.01. The SMILES string of the molecule is Cc1csc(C(C)(NC(C)C)C(C)C)n1. The van der Waals surface area contributed by atoms with Gasteiger partial charge in [0.25, 0.3) is 0 Å². The molecule has 1 heterocycles. The van der Waals surface area contributed by atoms with Gasteiger partial charge in [-0.2, -0.15) is 0 Å². The predicted molar refractivity (Wildman–Crippen MR) is 67.3 cm³/mol. The first-order valence-corrected chi connectivity index (χ1v) is 6.44. The van der Waals surface area contributed by atoms with Crippen LogP contribution in [0.5, 0.6) is 0 Å². The van der Waals surface area contributed by atoms with Crippen LogP contribution >= 0.6 is 11.3 Å². The summed E-state index contributed by atoms with van der Waals surface area (Å²) in [5.74, 6) is 0.533. The molecule has 1 unspecified atom stereocenters. The van der Waals surface area contributed by atoms with Gasteiger partial charge in [0.05, 0.1) is 5.54 Å². The Labute approximate surface area is 97.1 Å². The van der Waals surface area contributed by atoms with Crippen molar-refractivity contribution in [3.63, 3.8) is 0 Å². The molecule has 0 amide bonds. The second-order valence-electron chi connectivity index (χ2n) is 4.95. The third-order valence-electron chi connectivity index (χ3n) is 2.81. The van der Waals surface area contributed by atoms with Crippen molar-refractivity contribution in [3.05, 3.63) is 16.1 Å². The summed E-state index contributed by atoms with van der Waals surface area (Å²) in [5, 5.41) is 6.95. The van der Waals surface area contributed by atoms with Gasteiger partial charge < -0.3 is 5.32 Å². The molecule has 0 spiro atoms. The van der Waals surface area contributed by atoms with E-state index in [-0.39, 0.29) is 5.54 Å². The second kappa shape index (κ2) is 4.62. The summed E-state index contributed by atoms with van der Waals surface area (Å²) in [7, 11) is 0. The molecule has 1 rings (SSSR count). The standard InChI is InChI=1S/C12H22N2S/c1-8(2)12(6,14-9(3)4)11-13-10(5)7-15-11/h7-9,14H,1-6H3. The molecule has 1 aromatic rings. The van der Waals surface area contributed by atoms with E-state index in [1.807, 2.05) is 0 Å². The van der Waals surface area contributed by atoms with Gasteiger partial charge >= 0.3 is 0 Å². The van der Waals surface area contributed by atoms with E-state index in [4.69, 9.17) is 0 Å². The highest BCUT2D eigenvalue weighted by Crippen LogP contribution is 2.31. The molecule has 0 aromatic carbocycles. The van der Waals surface area contributed by atoms with Crippen LogP contribution in [0.3, 0.4) is 0 Å². The highest BCUT2D eigenvalue weighted by atomic mass is 32.1. The van der Waals surface area contributed by atoms with Gasteiger partial charge in [0.1, 0.15) is 5.01 Å². The van der Waals surface area contributed by atoms with Crippen LogP contribution in [0.4, 0.5) is 0 Å². The van der Waals surface area contributed by atoms with Crippen molar-refractivity contribution in [1.29, 1.82) is 0 Å². The van der Waals surface area contributed by atoms with Crippen molar-refractivity contribution in [2.45, 2.75) is 53.1 Å². The van der Waals surface area contributed by atoms with Gasteiger partial charge in [-0.1, -0.05) is 13.8 Å². The number of hydrogen-bond donors (Lipinski definition) is 1. The molecule has 0 aliphatic heterocycles. The Bertz CT molecular complexity index is 317. The zero-order valence-electron chi connectivity index (χ0n) is 10.6. The molecule has 0 bridgehead atoms. The summed E-state index contributed by atoms with van der Waals surface area (Å²) in [6, 6.07) is 0.474. The van der Waals surface area contributed by atoms with Gasteiger partial charge in [-0.25, -0.2) is 4.98 Å². The summed E-state index contributed by atoms with van der Waals surface area (Å²) < 4.78 is 0. The van der Waals surface area contributed by atoms with E-state index in [1.165, 1.54) is 5.01 Å². The average molecular weight is 226 g/mol. The van der Waals surface area contributed by atoms with Crippen LogP contribution in [0.1, 0.15) is 45.3 Å². The summed E-state index contributed by atoms with van der Waals surface area (Å²) in [6.45, 7) is 13.1. The zero-order valence-corrected chi connectivity index (χ0v) is 11.4. The first-order chi connectivity index (χ1) is 6.86. The average Bonchev–Trinajstić information content (AvgIpc) is 2.50. The Morgan fingerprint density at radius 2 is 1.93 bits per heavy atom. The van der Waals surface area contributed by atoms with Gasteiger partial charge in [0, 0.05) is 17.1 Å². The number of hydrogen-bond acceptors (Lipinski definition) is 3. The number of aromatic nitrogens is 1. The minimum atomic E-state index is -0.00685. The summed E-state index contributed by atoms with van der Waals surface area (Å²) in [5.41, 5.74) is 1.11. The highest BCUT2D eigenvalue weighted by molar-refractivity contribution is 7.09. The fourth-order valence-electron chi connectivity index (χ4n) is 1.67. The van der Waals surface area contributed by atoms with Crippen molar-refractivity contribution < 1.29 is 0 Å². The van der Waals surface area contributed by atoms with Crippen molar-refractivity contribution in [2.75, 3.05) is 0 Å². The van der Waals surface area contributed by atoms with Crippen LogP contribution in [-0.4, -0.2) is 11.0 Å². The minimum Gasteiger partial charge on any atom is -0.303 e. The van der Waals surface area contributed by atoms with Gasteiger partial charge in [-0.3, -0.25) is 0 Å². The molecule has 0 aliphatic rings. The smallest absolute Gasteiger partial charge is 0.113 e. The van der Waals surface area contributed by atoms with Crippen molar-refractivity contribution >= 4 is 11.3 Å². The van der Waals surface area contributed by atoms with E-state index in [1.54, 1.807) is 11.3 Å². The summed E-state index contributed by atoms with van der Waals surface area (Å²) in [6.07, 6.45) is 0. The molecule has 0 aliphatic carbocycles. The molecule has 1 atom stereocenters. The fraction of sp³-hybridized carbons (Fsp3) is 0.750. The molecule has 0 radical (unpaired) electrons. The lowest BCUT2D eigenvalue weighted by atomic mass is 9.88. The van der Waals surface area contributed by atoms with Gasteiger partial charge in [0.15, 0.2) is 0 Å². The van der Waals surface area contributed by atoms with Crippen molar-refractivity contribution in [1.82, 2.24) is 10.3 Å². The molecule has 86 valence electrons. The van der Waals surface area contributed by atoms with E-state index in [0.717, 1.165) is 5.69 Å².